The maximum atomic E-state index is 5.26. The summed E-state index contributed by atoms with van der Waals surface area (Å²) in [6, 6.07) is 9.39. The average molecular weight is 282 g/mol. The monoisotopic (exact) mass is 282 g/mol. The Morgan fingerprint density at radius 2 is 1.90 bits per heavy atom. The quantitative estimate of drug-likeness (QED) is 0.819. The minimum absolute atomic E-state index is 0.242. The van der Waals surface area contributed by atoms with Gasteiger partial charge in [-0.2, -0.15) is 0 Å². The summed E-state index contributed by atoms with van der Waals surface area (Å²) in [7, 11) is 1.71. The molecule has 4 rings (SSSR count). The number of methoxy groups -OCH3 is 1. The molecule has 21 heavy (non-hydrogen) atoms. The molecule has 3 nitrogen and oxygen atoms in total. The molecular weight excluding hydrogens is 260 g/mol. The molecule has 3 heteroatoms. The second-order valence-corrected chi connectivity index (χ2v) is 6.80. The van der Waals surface area contributed by atoms with E-state index in [0.717, 1.165) is 12.2 Å². The molecule has 0 N–H and O–H groups in total. The number of benzene rings is 1. The molecule has 2 atom stereocenters. The van der Waals surface area contributed by atoms with Gasteiger partial charge in [-0.25, -0.2) is 0 Å². The van der Waals surface area contributed by atoms with E-state index in [4.69, 9.17) is 4.74 Å². The van der Waals surface area contributed by atoms with Crippen LogP contribution in [0.25, 0.3) is 0 Å². The Bertz CT molecular complexity index is 642. The van der Waals surface area contributed by atoms with Crippen LogP contribution in [0.5, 0.6) is 5.75 Å². The molecule has 0 unspecified atom stereocenters. The fraction of sp³-hybridized carbons (Fsp3) is 0.444. The molecule has 0 saturated carbocycles. The molecule has 0 aromatic heterocycles. The Kier molecular flexibility index (Phi) is 2.48. The highest BCUT2D eigenvalue weighted by molar-refractivity contribution is 5.40. The molecule has 1 aromatic carbocycles. The number of hydrazine groups is 1. The zero-order chi connectivity index (χ0) is 14.8. The van der Waals surface area contributed by atoms with Gasteiger partial charge < -0.3 is 4.74 Å². The molecule has 0 radical (unpaired) electrons. The Balaban J connectivity index is 1.72. The molecule has 1 saturated heterocycles. The lowest BCUT2D eigenvalue weighted by Gasteiger charge is -2.34. The van der Waals surface area contributed by atoms with Crippen molar-refractivity contribution in [3.63, 3.8) is 0 Å². The lowest BCUT2D eigenvalue weighted by molar-refractivity contribution is 0.0507. The Hall–Kier alpha value is -1.90. The van der Waals surface area contributed by atoms with Gasteiger partial charge in [-0.3, -0.25) is 10.0 Å². The lowest BCUT2D eigenvalue weighted by Crippen LogP contribution is -2.38. The lowest BCUT2D eigenvalue weighted by atomic mass is 9.80. The summed E-state index contributed by atoms with van der Waals surface area (Å²) < 4.78 is 5.26. The van der Waals surface area contributed by atoms with Crippen LogP contribution in [-0.2, 0) is 0 Å². The van der Waals surface area contributed by atoms with Crippen LogP contribution in [-0.4, -0.2) is 23.2 Å². The molecule has 3 aliphatic heterocycles. The van der Waals surface area contributed by atoms with Crippen molar-refractivity contribution < 1.29 is 4.74 Å². The molecular formula is C18H22N2O. The van der Waals surface area contributed by atoms with Crippen molar-refractivity contribution in [3.8, 4) is 5.75 Å². The van der Waals surface area contributed by atoms with Gasteiger partial charge in [0.2, 0.25) is 0 Å². The largest absolute Gasteiger partial charge is 0.497 e. The topological polar surface area (TPSA) is 15.7 Å². The van der Waals surface area contributed by atoms with Crippen molar-refractivity contribution >= 4 is 0 Å². The van der Waals surface area contributed by atoms with Gasteiger partial charge in [-0.15, -0.1) is 0 Å². The van der Waals surface area contributed by atoms with E-state index >= 15 is 0 Å². The summed E-state index contributed by atoms with van der Waals surface area (Å²) in [6.07, 6.45) is 5.72. The summed E-state index contributed by atoms with van der Waals surface area (Å²) in [5, 5.41) is 4.92. The molecule has 0 spiro atoms. The number of ether oxygens (including phenoxy) is 1. The summed E-state index contributed by atoms with van der Waals surface area (Å²) in [5.74, 6) is 0.920. The minimum atomic E-state index is 0.242. The van der Waals surface area contributed by atoms with Crippen LogP contribution < -0.4 is 4.74 Å². The number of nitrogens with zero attached hydrogens (tertiary/aromatic N) is 2. The number of hydrogen-bond donors (Lipinski definition) is 0. The van der Waals surface area contributed by atoms with E-state index in [2.05, 4.69) is 67.3 Å². The van der Waals surface area contributed by atoms with Gasteiger partial charge in [0.25, 0.3) is 0 Å². The maximum absolute atomic E-state index is 5.26. The third-order valence-corrected chi connectivity index (χ3v) is 5.56. The van der Waals surface area contributed by atoms with Crippen LogP contribution in [0.3, 0.4) is 0 Å². The van der Waals surface area contributed by atoms with Gasteiger partial charge in [-0.1, -0.05) is 26.0 Å². The highest BCUT2D eigenvalue weighted by atomic mass is 16.5. The van der Waals surface area contributed by atoms with Gasteiger partial charge in [-0.05, 0) is 36.3 Å². The van der Waals surface area contributed by atoms with Crippen LogP contribution in [0, 0.1) is 5.41 Å². The molecule has 0 amide bonds. The van der Waals surface area contributed by atoms with Crippen molar-refractivity contribution in [2.45, 2.75) is 39.3 Å². The molecule has 1 aromatic rings. The summed E-state index contributed by atoms with van der Waals surface area (Å²) in [5.41, 5.74) is 4.65. The van der Waals surface area contributed by atoms with Crippen molar-refractivity contribution in [1.29, 1.82) is 0 Å². The minimum Gasteiger partial charge on any atom is -0.497 e. The predicted molar refractivity (Wildman–Crippen MR) is 83.4 cm³/mol. The van der Waals surface area contributed by atoms with Crippen molar-refractivity contribution in [3.05, 3.63) is 53.4 Å². The van der Waals surface area contributed by atoms with E-state index in [1.807, 2.05) is 0 Å². The van der Waals surface area contributed by atoms with E-state index < -0.39 is 0 Å². The zero-order valence-corrected chi connectivity index (χ0v) is 13.1. The van der Waals surface area contributed by atoms with Crippen LogP contribution in [0.15, 0.2) is 47.8 Å². The molecule has 0 bridgehead atoms. The van der Waals surface area contributed by atoms with Gasteiger partial charge in [0.05, 0.1) is 19.2 Å². The standard InChI is InChI=1S/C18H22N2O/c1-12-15-11-16(13-5-7-14(21-4)8-6-13)19-10-9-17(20(15)19)18(12,2)3/h5-10,16-17H,11H2,1-4H3/t16-,17-/m1/s1. The van der Waals surface area contributed by atoms with Crippen molar-refractivity contribution in [1.82, 2.24) is 10.0 Å². The molecule has 3 heterocycles. The molecule has 110 valence electrons. The smallest absolute Gasteiger partial charge is 0.118 e. The molecule has 1 fully saturated rings. The van der Waals surface area contributed by atoms with Gasteiger partial charge >= 0.3 is 0 Å². The van der Waals surface area contributed by atoms with E-state index in [1.165, 1.54) is 16.8 Å². The third-order valence-electron chi connectivity index (χ3n) is 5.56. The maximum Gasteiger partial charge on any atom is 0.118 e. The van der Waals surface area contributed by atoms with E-state index in [-0.39, 0.29) is 5.41 Å². The van der Waals surface area contributed by atoms with Crippen LogP contribution in [0.4, 0.5) is 0 Å². The van der Waals surface area contributed by atoms with Gasteiger partial charge in [0.1, 0.15) is 5.75 Å². The first-order valence-electron chi connectivity index (χ1n) is 7.64. The first-order chi connectivity index (χ1) is 10.0. The van der Waals surface area contributed by atoms with Crippen LogP contribution >= 0.6 is 0 Å². The summed E-state index contributed by atoms with van der Waals surface area (Å²) in [4.78, 5) is 0. The summed E-state index contributed by atoms with van der Waals surface area (Å²) >= 11 is 0. The Labute approximate surface area is 126 Å². The molecule has 0 aliphatic carbocycles. The Morgan fingerprint density at radius 1 is 1.19 bits per heavy atom. The zero-order valence-electron chi connectivity index (χ0n) is 13.1. The number of hydrogen-bond acceptors (Lipinski definition) is 3. The first-order valence-corrected chi connectivity index (χ1v) is 7.64. The highest BCUT2D eigenvalue weighted by Gasteiger charge is 2.52. The third kappa shape index (κ3) is 1.55. The SMILES string of the molecule is COc1ccc([C@H]2CC3=C(C)C(C)(C)[C@H]4C=CN2N34)cc1. The van der Waals surface area contributed by atoms with Crippen LogP contribution in [0.2, 0.25) is 0 Å². The van der Waals surface area contributed by atoms with E-state index in [1.54, 1.807) is 7.11 Å². The normalized spacial score (nSPS) is 28.6. The van der Waals surface area contributed by atoms with Gasteiger partial charge in [0.15, 0.2) is 0 Å². The fourth-order valence-electron chi connectivity index (χ4n) is 3.96. The van der Waals surface area contributed by atoms with E-state index in [9.17, 15) is 0 Å². The van der Waals surface area contributed by atoms with Crippen LogP contribution in [0.1, 0.15) is 38.8 Å². The fourth-order valence-corrected chi connectivity index (χ4v) is 3.96. The van der Waals surface area contributed by atoms with Crippen molar-refractivity contribution in [2.24, 2.45) is 5.41 Å². The Morgan fingerprint density at radius 3 is 2.57 bits per heavy atom. The second-order valence-electron chi connectivity index (χ2n) is 6.80. The second kappa shape index (κ2) is 4.06. The number of rotatable bonds is 2. The first kappa shape index (κ1) is 12.8. The average Bonchev–Trinajstić information content (AvgIpc) is 3.11. The van der Waals surface area contributed by atoms with Crippen molar-refractivity contribution in [2.75, 3.05) is 7.11 Å². The predicted octanol–water partition coefficient (Wildman–Crippen LogP) is 3.87. The van der Waals surface area contributed by atoms with Gasteiger partial charge in [0, 0.05) is 23.7 Å². The molecule has 3 aliphatic rings. The highest BCUT2D eigenvalue weighted by Crippen LogP contribution is 2.55. The summed E-state index contributed by atoms with van der Waals surface area (Å²) in [6.45, 7) is 7.01. The van der Waals surface area contributed by atoms with E-state index in [0.29, 0.717) is 12.1 Å².